The summed E-state index contributed by atoms with van der Waals surface area (Å²) in [6.45, 7) is 0. The molecular formula is C41H24N2O2. The number of hydrogen-bond acceptors (Lipinski definition) is 3. The fourth-order valence-electron chi connectivity index (χ4n) is 6.96. The van der Waals surface area contributed by atoms with Crippen LogP contribution >= 0.6 is 0 Å². The smallest absolute Gasteiger partial charge is 0.227 e. The lowest BCUT2D eigenvalue weighted by Gasteiger charge is -2.09. The summed E-state index contributed by atoms with van der Waals surface area (Å²) in [5.74, 6) is 0.589. The SMILES string of the molecule is c1ccc(-c2ccc3oc4ccc5oc(-c6ccc(-n7c8ccccc8c8c9ccccc9ccc87)cc6)nc5c4c3c2)cc1. The second-order valence-corrected chi connectivity index (χ2v) is 11.6. The molecule has 0 unspecified atom stereocenters. The highest BCUT2D eigenvalue weighted by molar-refractivity contribution is 6.21. The third-order valence-corrected chi connectivity index (χ3v) is 9.03. The van der Waals surface area contributed by atoms with Crippen molar-refractivity contribution in [1.29, 1.82) is 0 Å². The molecule has 0 fully saturated rings. The van der Waals surface area contributed by atoms with E-state index < -0.39 is 0 Å². The van der Waals surface area contributed by atoms with Gasteiger partial charge in [-0.1, -0.05) is 84.9 Å². The summed E-state index contributed by atoms with van der Waals surface area (Å²) < 4.78 is 14.9. The maximum atomic E-state index is 6.36. The molecule has 4 nitrogen and oxygen atoms in total. The van der Waals surface area contributed by atoms with Gasteiger partial charge in [-0.3, -0.25) is 0 Å². The minimum absolute atomic E-state index is 0.589. The lowest BCUT2D eigenvalue weighted by atomic mass is 10.0. The van der Waals surface area contributed by atoms with E-state index in [0.29, 0.717) is 5.89 Å². The molecule has 4 heteroatoms. The summed E-state index contributed by atoms with van der Waals surface area (Å²) in [6, 6.07) is 50.9. The summed E-state index contributed by atoms with van der Waals surface area (Å²) >= 11 is 0. The monoisotopic (exact) mass is 576 g/mol. The number of oxazole rings is 1. The molecule has 0 saturated carbocycles. The van der Waals surface area contributed by atoms with E-state index in [0.717, 1.165) is 49.9 Å². The molecule has 0 spiro atoms. The molecule has 0 N–H and O–H groups in total. The second kappa shape index (κ2) is 9.18. The molecule has 0 amide bonds. The molecule has 0 aliphatic heterocycles. The highest BCUT2D eigenvalue weighted by Gasteiger charge is 2.18. The molecule has 0 aliphatic rings. The fourth-order valence-corrected chi connectivity index (χ4v) is 6.96. The lowest BCUT2D eigenvalue weighted by molar-refractivity contribution is 0.619. The van der Waals surface area contributed by atoms with Crippen molar-refractivity contribution in [2.24, 2.45) is 0 Å². The van der Waals surface area contributed by atoms with Crippen molar-refractivity contribution < 1.29 is 8.83 Å². The number of para-hydroxylation sites is 1. The largest absolute Gasteiger partial charge is 0.456 e. The normalized spacial score (nSPS) is 12.0. The first-order valence-electron chi connectivity index (χ1n) is 15.1. The Bertz CT molecular complexity index is 2750. The zero-order chi connectivity index (χ0) is 29.5. The van der Waals surface area contributed by atoms with Crippen molar-refractivity contribution in [3.63, 3.8) is 0 Å². The molecule has 10 rings (SSSR count). The summed E-state index contributed by atoms with van der Waals surface area (Å²) in [6.07, 6.45) is 0. The lowest BCUT2D eigenvalue weighted by Crippen LogP contribution is -1.93. The van der Waals surface area contributed by atoms with Crippen LogP contribution in [0, 0.1) is 0 Å². The van der Waals surface area contributed by atoms with E-state index in [1.165, 1.54) is 38.1 Å². The Morgan fingerprint density at radius 3 is 2.07 bits per heavy atom. The molecule has 0 atom stereocenters. The first-order chi connectivity index (χ1) is 22.3. The highest BCUT2D eigenvalue weighted by Crippen LogP contribution is 2.39. The highest BCUT2D eigenvalue weighted by atomic mass is 16.4. The van der Waals surface area contributed by atoms with Gasteiger partial charge in [-0.05, 0) is 82.6 Å². The Hall–Kier alpha value is -6.13. The maximum Gasteiger partial charge on any atom is 0.227 e. The van der Waals surface area contributed by atoms with E-state index in [1.54, 1.807) is 0 Å². The van der Waals surface area contributed by atoms with Gasteiger partial charge in [0.2, 0.25) is 5.89 Å². The van der Waals surface area contributed by atoms with Crippen molar-refractivity contribution in [3.8, 4) is 28.3 Å². The quantitative estimate of drug-likeness (QED) is 0.210. The van der Waals surface area contributed by atoms with Crippen LogP contribution in [0.25, 0.3) is 93.9 Å². The molecule has 0 bridgehead atoms. The van der Waals surface area contributed by atoms with E-state index in [9.17, 15) is 0 Å². The van der Waals surface area contributed by atoms with Crippen LogP contribution in [0.5, 0.6) is 0 Å². The van der Waals surface area contributed by atoms with Crippen LogP contribution in [-0.4, -0.2) is 9.55 Å². The molecule has 0 radical (unpaired) electrons. The number of hydrogen-bond donors (Lipinski definition) is 0. The van der Waals surface area contributed by atoms with E-state index >= 15 is 0 Å². The molecule has 3 heterocycles. The van der Waals surface area contributed by atoms with Crippen LogP contribution in [0.3, 0.4) is 0 Å². The Labute approximate surface area is 257 Å². The minimum atomic E-state index is 0.589. The first-order valence-corrected chi connectivity index (χ1v) is 15.1. The van der Waals surface area contributed by atoms with Gasteiger partial charge < -0.3 is 13.4 Å². The van der Waals surface area contributed by atoms with Crippen molar-refractivity contribution in [2.75, 3.05) is 0 Å². The molecule has 210 valence electrons. The maximum absolute atomic E-state index is 6.36. The van der Waals surface area contributed by atoms with E-state index in [-0.39, 0.29) is 0 Å². The summed E-state index contributed by atoms with van der Waals surface area (Å²) in [7, 11) is 0. The second-order valence-electron chi connectivity index (χ2n) is 11.6. The van der Waals surface area contributed by atoms with E-state index in [2.05, 4.69) is 126 Å². The van der Waals surface area contributed by atoms with Crippen molar-refractivity contribution >= 4 is 65.6 Å². The first kappa shape index (κ1) is 24.3. The number of furan rings is 1. The third kappa shape index (κ3) is 3.57. The van der Waals surface area contributed by atoms with E-state index in [4.69, 9.17) is 13.8 Å². The number of nitrogens with zero attached hydrogens (tertiary/aromatic N) is 2. The zero-order valence-electron chi connectivity index (χ0n) is 24.1. The van der Waals surface area contributed by atoms with Gasteiger partial charge in [-0.2, -0.15) is 0 Å². The Morgan fingerprint density at radius 2 is 1.18 bits per heavy atom. The average molecular weight is 577 g/mol. The van der Waals surface area contributed by atoms with Gasteiger partial charge in [-0.15, -0.1) is 0 Å². The van der Waals surface area contributed by atoms with Gasteiger partial charge in [0.25, 0.3) is 0 Å². The summed E-state index contributed by atoms with van der Waals surface area (Å²) in [5, 5.41) is 7.05. The zero-order valence-corrected chi connectivity index (χ0v) is 24.1. The van der Waals surface area contributed by atoms with Gasteiger partial charge in [0.05, 0.1) is 16.4 Å². The molecule has 3 aromatic heterocycles. The predicted octanol–water partition coefficient (Wildman–Crippen LogP) is 11.3. The van der Waals surface area contributed by atoms with Crippen molar-refractivity contribution in [2.45, 2.75) is 0 Å². The van der Waals surface area contributed by atoms with Crippen LogP contribution in [0.15, 0.2) is 154 Å². The van der Waals surface area contributed by atoms with Crippen LogP contribution in [0.2, 0.25) is 0 Å². The molecule has 7 aromatic carbocycles. The van der Waals surface area contributed by atoms with Crippen LogP contribution in [-0.2, 0) is 0 Å². The molecule has 10 aromatic rings. The molecular weight excluding hydrogens is 552 g/mol. The molecule has 45 heavy (non-hydrogen) atoms. The average Bonchev–Trinajstić information content (AvgIpc) is 3.80. The van der Waals surface area contributed by atoms with Gasteiger partial charge in [0.1, 0.15) is 16.7 Å². The summed E-state index contributed by atoms with van der Waals surface area (Å²) in [4.78, 5) is 5.03. The number of aromatic nitrogens is 2. The third-order valence-electron chi connectivity index (χ3n) is 9.03. The number of rotatable bonds is 3. The minimum Gasteiger partial charge on any atom is -0.456 e. The number of fused-ring (bicyclic) bond motifs is 10. The summed E-state index contributed by atoms with van der Waals surface area (Å²) in [5.41, 5.74) is 9.88. The van der Waals surface area contributed by atoms with Gasteiger partial charge >= 0.3 is 0 Å². The van der Waals surface area contributed by atoms with E-state index in [1.807, 2.05) is 24.3 Å². The predicted molar refractivity (Wildman–Crippen MR) is 184 cm³/mol. The Morgan fingerprint density at radius 1 is 0.444 bits per heavy atom. The fraction of sp³-hybridized carbons (Fsp3) is 0. The van der Waals surface area contributed by atoms with Crippen LogP contribution in [0.4, 0.5) is 0 Å². The van der Waals surface area contributed by atoms with Crippen molar-refractivity contribution in [3.05, 3.63) is 146 Å². The van der Waals surface area contributed by atoms with Gasteiger partial charge in [0, 0.05) is 27.4 Å². The van der Waals surface area contributed by atoms with Crippen LogP contribution < -0.4 is 0 Å². The Balaban J connectivity index is 1.11. The molecule has 0 aliphatic carbocycles. The van der Waals surface area contributed by atoms with Gasteiger partial charge in [0.15, 0.2) is 5.58 Å². The molecule has 0 saturated heterocycles. The van der Waals surface area contributed by atoms with Crippen molar-refractivity contribution in [1.82, 2.24) is 9.55 Å². The topological polar surface area (TPSA) is 44.1 Å². The van der Waals surface area contributed by atoms with Gasteiger partial charge in [-0.25, -0.2) is 4.98 Å². The standard InChI is InChI=1S/C41H24N2O2/c1-2-8-25(9-3-1)28-17-21-35-32(24-28)39-36(44-35)22-23-37-40(39)42-41(45-37)27-14-18-29(19-15-27)43-33-13-7-6-12-31(33)38-30-11-5-4-10-26(30)16-20-34(38)43/h1-24H. The van der Waals surface area contributed by atoms with Crippen LogP contribution in [0.1, 0.15) is 0 Å². The number of benzene rings is 7. The Kier molecular flexibility index (Phi) is 4.96.